The zero-order valence-corrected chi connectivity index (χ0v) is 13.1. The highest BCUT2D eigenvalue weighted by molar-refractivity contribution is 5.05. The van der Waals surface area contributed by atoms with Crippen molar-refractivity contribution in [3.63, 3.8) is 0 Å². The van der Waals surface area contributed by atoms with Crippen molar-refractivity contribution in [2.45, 2.75) is 52.6 Å². The molecule has 0 rings (SSSR count). The Hall–Kier alpha value is -1.30. The summed E-state index contributed by atoms with van der Waals surface area (Å²) in [5, 5.41) is 9.67. The van der Waals surface area contributed by atoms with Gasteiger partial charge in [-0.3, -0.25) is 0 Å². The third-order valence-corrected chi connectivity index (χ3v) is 3.15. The number of ether oxygens (including phenoxy) is 1. The van der Waals surface area contributed by atoms with E-state index in [4.69, 9.17) is 11.2 Å². The van der Waals surface area contributed by atoms with Crippen LogP contribution in [-0.4, -0.2) is 24.4 Å². The van der Waals surface area contributed by atoms with E-state index in [-0.39, 0.29) is 6.10 Å². The van der Waals surface area contributed by atoms with Crippen molar-refractivity contribution in [3.8, 4) is 12.3 Å². The minimum atomic E-state index is -0.381. The van der Waals surface area contributed by atoms with Crippen LogP contribution >= 0.6 is 0 Å². The minimum absolute atomic E-state index is 0.369. The van der Waals surface area contributed by atoms with E-state index in [1.165, 1.54) is 11.1 Å². The maximum atomic E-state index is 9.67. The molecule has 2 nitrogen and oxygen atoms in total. The highest BCUT2D eigenvalue weighted by Gasteiger charge is 2.03. The van der Waals surface area contributed by atoms with E-state index in [2.05, 4.69) is 38.5 Å². The lowest BCUT2D eigenvalue weighted by atomic mass is 10.0. The summed E-state index contributed by atoms with van der Waals surface area (Å²) in [6.45, 7) is 10.8. The standard InChI is InChI=1S/C18H28O2/c1-6-13-20-14-12-17(5)9-7-8-16(4)10-11-18(19)15(2)3/h1,8,12,18-19H,2,7,9-11,13-14H2,3-5H3. The summed E-state index contributed by atoms with van der Waals surface area (Å²) >= 11 is 0. The molecule has 0 saturated carbocycles. The lowest BCUT2D eigenvalue weighted by molar-refractivity contribution is 0.198. The van der Waals surface area contributed by atoms with Crippen molar-refractivity contribution in [2.24, 2.45) is 0 Å². The predicted octanol–water partition coefficient (Wildman–Crippen LogP) is 4.03. The fraction of sp³-hybridized carbons (Fsp3) is 0.556. The van der Waals surface area contributed by atoms with Crippen LogP contribution in [-0.2, 0) is 4.74 Å². The molecule has 0 saturated heterocycles. The van der Waals surface area contributed by atoms with Crippen LogP contribution in [0.15, 0.2) is 35.5 Å². The van der Waals surface area contributed by atoms with Gasteiger partial charge in [-0.05, 0) is 46.5 Å². The highest BCUT2D eigenvalue weighted by Crippen LogP contribution is 2.13. The molecule has 0 aromatic carbocycles. The first-order valence-electron chi connectivity index (χ1n) is 7.13. The van der Waals surface area contributed by atoms with E-state index in [0.717, 1.165) is 31.3 Å². The van der Waals surface area contributed by atoms with Gasteiger partial charge in [0.15, 0.2) is 0 Å². The van der Waals surface area contributed by atoms with Gasteiger partial charge in [-0.2, -0.15) is 0 Å². The summed E-state index contributed by atoms with van der Waals surface area (Å²) in [6.07, 6.45) is 12.8. The Kier molecular flexibility index (Phi) is 10.8. The average Bonchev–Trinajstić information content (AvgIpc) is 2.40. The van der Waals surface area contributed by atoms with Crippen LogP contribution < -0.4 is 0 Å². The molecule has 0 heterocycles. The van der Waals surface area contributed by atoms with Gasteiger partial charge in [-0.1, -0.05) is 41.4 Å². The summed E-state index contributed by atoms with van der Waals surface area (Å²) < 4.78 is 5.20. The second kappa shape index (κ2) is 11.5. The average molecular weight is 276 g/mol. The molecule has 0 fully saturated rings. The summed E-state index contributed by atoms with van der Waals surface area (Å²) in [5.41, 5.74) is 3.47. The van der Waals surface area contributed by atoms with Crippen LogP contribution in [0, 0.1) is 12.3 Å². The van der Waals surface area contributed by atoms with Gasteiger partial charge < -0.3 is 9.84 Å². The smallest absolute Gasteiger partial charge is 0.107 e. The first-order chi connectivity index (χ1) is 9.47. The third kappa shape index (κ3) is 10.6. The summed E-state index contributed by atoms with van der Waals surface area (Å²) in [7, 11) is 0. The molecule has 0 amide bonds. The van der Waals surface area contributed by atoms with Gasteiger partial charge in [-0.25, -0.2) is 0 Å². The van der Waals surface area contributed by atoms with Crippen molar-refractivity contribution < 1.29 is 9.84 Å². The Labute approximate surface area is 124 Å². The molecule has 1 unspecified atom stereocenters. The molecule has 0 radical (unpaired) electrons. The SMILES string of the molecule is C#CCOCC=C(C)CCC=C(C)CCC(O)C(=C)C. The molecule has 1 atom stereocenters. The quantitative estimate of drug-likeness (QED) is 0.371. The number of rotatable bonds is 10. The zero-order chi connectivity index (χ0) is 15.4. The predicted molar refractivity (Wildman–Crippen MR) is 86.5 cm³/mol. The lowest BCUT2D eigenvalue weighted by Gasteiger charge is -2.09. The normalized spacial score (nSPS) is 13.9. The monoisotopic (exact) mass is 276 g/mol. The van der Waals surface area contributed by atoms with Crippen LogP contribution in [0.4, 0.5) is 0 Å². The minimum Gasteiger partial charge on any atom is -0.389 e. The van der Waals surface area contributed by atoms with Gasteiger partial charge >= 0.3 is 0 Å². The summed E-state index contributed by atoms with van der Waals surface area (Å²) in [5.74, 6) is 2.44. The van der Waals surface area contributed by atoms with E-state index in [0.29, 0.717) is 13.2 Å². The molecule has 1 N–H and O–H groups in total. The van der Waals surface area contributed by atoms with Crippen LogP contribution in [0.1, 0.15) is 46.5 Å². The number of terminal acetylenes is 1. The summed E-state index contributed by atoms with van der Waals surface area (Å²) in [4.78, 5) is 0. The third-order valence-electron chi connectivity index (χ3n) is 3.15. The molecule has 0 bridgehead atoms. The first-order valence-corrected chi connectivity index (χ1v) is 7.13. The van der Waals surface area contributed by atoms with Crippen molar-refractivity contribution in [3.05, 3.63) is 35.5 Å². The Morgan fingerprint density at radius 2 is 1.90 bits per heavy atom. The molecule has 112 valence electrons. The molecule has 0 aromatic rings. The number of hydrogen-bond acceptors (Lipinski definition) is 2. The number of allylic oxidation sites excluding steroid dienone is 3. The Morgan fingerprint density at radius 3 is 2.50 bits per heavy atom. The van der Waals surface area contributed by atoms with Crippen molar-refractivity contribution in [1.82, 2.24) is 0 Å². The zero-order valence-electron chi connectivity index (χ0n) is 13.1. The number of aliphatic hydroxyl groups is 1. The molecule has 0 aliphatic carbocycles. The molecule has 0 aliphatic rings. The largest absolute Gasteiger partial charge is 0.389 e. The van der Waals surface area contributed by atoms with E-state index in [1.807, 2.05) is 6.92 Å². The first kappa shape index (κ1) is 18.7. The van der Waals surface area contributed by atoms with Gasteiger partial charge in [0, 0.05) is 0 Å². The molecule has 2 heteroatoms. The van der Waals surface area contributed by atoms with Crippen molar-refractivity contribution >= 4 is 0 Å². The Morgan fingerprint density at radius 1 is 1.25 bits per heavy atom. The summed E-state index contributed by atoms with van der Waals surface area (Å²) in [6, 6.07) is 0. The van der Waals surface area contributed by atoms with Crippen LogP contribution in [0.2, 0.25) is 0 Å². The van der Waals surface area contributed by atoms with Crippen molar-refractivity contribution in [2.75, 3.05) is 13.2 Å². The van der Waals surface area contributed by atoms with Crippen LogP contribution in [0.5, 0.6) is 0 Å². The topological polar surface area (TPSA) is 29.5 Å². The van der Waals surface area contributed by atoms with E-state index < -0.39 is 0 Å². The van der Waals surface area contributed by atoms with E-state index in [9.17, 15) is 5.11 Å². The van der Waals surface area contributed by atoms with Gasteiger partial charge in [-0.15, -0.1) is 6.42 Å². The van der Waals surface area contributed by atoms with Gasteiger partial charge in [0.25, 0.3) is 0 Å². The molecular formula is C18H28O2. The fourth-order valence-electron chi connectivity index (χ4n) is 1.68. The van der Waals surface area contributed by atoms with Gasteiger partial charge in [0.2, 0.25) is 0 Å². The molecule has 20 heavy (non-hydrogen) atoms. The van der Waals surface area contributed by atoms with Gasteiger partial charge in [0.05, 0.1) is 12.7 Å². The molecule has 0 aliphatic heterocycles. The Bertz CT molecular complexity index is 383. The fourth-order valence-corrected chi connectivity index (χ4v) is 1.68. The lowest BCUT2D eigenvalue weighted by Crippen LogP contribution is -2.06. The maximum Gasteiger partial charge on any atom is 0.107 e. The molecule has 0 aromatic heterocycles. The second-order valence-corrected chi connectivity index (χ2v) is 5.26. The maximum absolute atomic E-state index is 9.67. The van der Waals surface area contributed by atoms with Gasteiger partial charge in [0.1, 0.15) is 6.61 Å². The molecule has 0 spiro atoms. The Balaban J connectivity index is 3.87. The van der Waals surface area contributed by atoms with Crippen LogP contribution in [0.25, 0.3) is 0 Å². The van der Waals surface area contributed by atoms with E-state index in [1.54, 1.807) is 0 Å². The number of hydrogen-bond donors (Lipinski definition) is 1. The highest BCUT2D eigenvalue weighted by atomic mass is 16.5. The number of aliphatic hydroxyl groups excluding tert-OH is 1. The van der Waals surface area contributed by atoms with E-state index >= 15 is 0 Å². The second-order valence-electron chi connectivity index (χ2n) is 5.26. The molecular weight excluding hydrogens is 248 g/mol. The van der Waals surface area contributed by atoms with Crippen molar-refractivity contribution in [1.29, 1.82) is 0 Å². The van der Waals surface area contributed by atoms with Crippen LogP contribution in [0.3, 0.4) is 0 Å².